The van der Waals surface area contributed by atoms with Gasteiger partial charge >= 0.3 is 0 Å². The zero-order valence-electron chi connectivity index (χ0n) is 12.9. The lowest BCUT2D eigenvalue weighted by atomic mass is 10.0. The second kappa shape index (κ2) is 7.28. The monoisotopic (exact) mass is 350 g/mol. The average molecular weight is 351 g/mol. The first-order valence-corrected chi connectivity index (χ1v) is 8.12. The van der Waals surface area contributed by atoms with Gasteiger partial charge in [0.15, 0.2) is 11.6 Å². The Hall–Kier alpha value is -1.98. The van der Waals surface area contributed by atoms with Crippen molar-refractivity contribution in [2.24, 2.45) is 0 Å². The molecule has 24 heavy (non-hydrogen) atoms. The highest BCUT2D eigenvalue weighted by Gasteiger charge is 2.28. The Morgan fingerprint density at radius 2 is 2.04 bits per heavy atom. The third kappa shape index (κ3) is 3.74. The van der Waals surface area contributed by atoms with Crippen molar-refractivity contribution in [3.8, 4) is 0 Å². The van der Waals surface area contributed by atoms with Crippen molar-refractivity contribution in [1.82, 2.24) is 10.2 Å². The number of hydrogen-bond acceptors (Lipinski definition) is 2. The lowest BCUT2D eigenvalue weighted by Gasteiger charge is -2.36. The summed E-state index contributed by atoms with van der Waals surface area (Å²) in [7, 11) is 0. The number of nitrogens with one attached hydrogen (secondary N) is 1. The molecule has 2 aromatic rings. The molecule has 1 fully saturated rings. The molecule has 1 heterocycles. The predicted octanol–water partition coefficient (Wildman–Crippen LogP) is 3.33. The van der Waals surface area contributed by atoms with E-state index in [9.17, 15) is 13.6 Å². The lowest BCUT2D eigenvalue weighted by molar-refractivity contribution is -0.133. The Bertz CT molecular complexity index is 754. The zero-order chi connectivity index (χ0) is 17.1. The van der Waals surface area contributed by atoms with Gasteiger partial charge in [-0.25, -0.2) is 8.78 Å². The van der Waals surface area contributed by atoms with E-state index in [1.807, 2.05) is 18.2 Å². The van der Waals surface area contributed by atoms with Crippen LogP contribution in [0.25, 0.3) is 0 Å². The Morgan fingerprint density at radius 3 is 2.79 bits per heavy atom. The molecule has 126 valence electrons. The van der Waals surface area contributed by atoms with Crippen LogP contribution in [0, 0.1) is 11.6 Å². The quantitative estimate of drug-likeness (QED) is 0.921. The molecular formula is C18H17ClF2N2O. The molecule has 0 spiro atoms. The first-order valence-electron chi connectivity index (χ1n) is 7.74. The van der Waals surface area contributed by atoms with E-state index in [2.05, 4.69) is 5.32 Å². The Morgan fingerprint density at radius 1 is 1.21 bits per heavy atom. The molecule has 1 N–H and O–H groups in total. The maximum atomic E-state index is 13.3. The Balaban J connectivity index is 1.79. The summed E-state index contributed by atoms with van der Waals surface area (Å²) in [5.41, 5.74) is 1.41. The van der Waals surface area contributed by atoms with Gasteiger partial charge in [0.05, 0.1) is 12.5 Å². The predicted molar refractivity (Wildman–Crippen MR) is 88.8 cm³/mol. The molecule has 3 rings (SSSR count). The van der Waals surface area contributed by atoms with Gasteiger partial charge in [0, 0.05) is 24.7 Å². The van der Waals surface area contributed by atoms with E-state index in [1.54, 1.807) is 11.0 Å². The van der Waals surface area contributed by atoms with Gasteiger partial charge in [0.1, 0.15) is 0 Å². The van der Waals surface area contributed by atoms with Crippen LogP contribution in [-0.2, 0) is 11.2 Å². The fraction of sp³-hybridized carbons (Fsp3) is 0.278. The highest BCUT2D eigenvalue weighted by molar-refractivity contribution is 6.30. The van der Waals surface area contributed by atoms with E-state index in [-0.39, 0.29) is 18.4 Å². The number of hydrogen-bond donors (Lipinski definition) is 1. The SMILES string of the molecule is O=C(Cc1ccc(F)c(F)c1)N1CCNCC1c1cccc(Cl)c1. The molecule has 0 aliphatic carbocycles. The Kier molecular flexibility index (Phi) is 5.11. The van der Waals surface area contributed by atoms with E-state index >= 15 is 0 Å². The van der Waals surface area contributed by atoms with Crippen molar-refractivity contribution in [3.63, 3.8) is 0 Å². The van der Waals surface area contributed by atoms with Gasteiger partial charge in [-0.2, -0.15) is 0 Å². The maximum Gasteiger partial charge on any atom is 0.227 e. The van der Waals surface area contributed by atoms with Crippen molar-refractivity contribution >= 4 is 17.5 Å². The highest BCUT2D eigenvalue weighted by atomic mass is 35.5. The molecule has 2 aromatic carbocycles. The summed E-state index contributed by atoms with van der Waals surface area (Å²) in [6.45, 7) is 1.88. The summed E-state index contributed by atoms with van der Waals surface area (Å²) >= 11 is 6.05. The number of carbonyl (C=O) groups excluding carboxylic acids is 1. The van der Waals surface area contributed by atoms with Gasteiger partial charge in [-0.05, 0) is 35.4 Å². The van der Waals surface area contributed by atoms with Crippen LogP contribution in [0.2, 0.25) is 5.02 Å². The molecule has 0 radical (unpaired) electrons. The van der Waals surface area contributed by atoms with Crippen LogP contribution in [0.15, 0.2) is 42.5 Å². The van der Waals surface area contributed by atoms with Crippen LogP contribution < -0.4 is 5.32 Å². The van der Waals surface area contributed by atoms with Crippen LogP contribution in [0.4, 0.5) is 8.78 Å². The number of carbonyl (C=O) groups is 1. The number of rotatable bonds is 3. The molecule has 1 amide bonds. The molecule has 1 unspecified atom stereocenters. The topological polar surface area (TPSA) is 32.3 Å². The van der Waals surface area contributed by atoms with Gasteiger partial charge in [-0.3, -0.25) is 4.79 Å². The number of amides is 1. The first-order chi connectivity index (χ1) is 11.5. The molecule has 0 aromatic heterocycles. The van der Waals surface area contributed by atoms with Gasteiger partial charge in [0.25, 0.3) is 0 Å². The van der Waals surface area contributed by atoms with Crippen LogP contribution in [-0.4, -0.2) is 30.4 Å². The summed E-state index contributed by atoms with van der Waals surface area (Å²) in [4.78, 5) is 14.4. The molecule has 1 saturated heterocycles. The molecule has 1 aliphatic rings. The van der Waals surface area contributed by atoms with Gasteiger partial charge in [-0.1, -0.05) is 29.8 Å². The standard InChI is InChI=1S/C18H17ClF2N2O/c19-14-3-1-2-13(10-14)17-11-22-6-7-23(17)18(24)9-12-4-5-15(20)16(21)8-12/h1-5,8,10,17,22H,6-7,9,11H2. The molecular weight excluding hydrogens is 334 g/mol. The number of benzene rings is 2. The summed E-state index contributed by atoms with van der Waals surface area (Å²) in [5.74, 6) is -1.97. The summed E-state index contributed by atoms with van der Waals surface area (Å²) in [6.07, 6.45) is 0.0360. The molecule has 3 nitrogen and oxygen atoms in total. The third-order valence-electron chi connectivity index (χ3n) is 4.14. The number of piperazine rings is 1. The third-order valence-corrected chi connectivity index (χ3v) is 4.37. The van der Waals surface area contributed by atoms with E-state index < -0.39 is 11.6 Å². The fourth-order valence-electron chi connectivity index (χ4n) is 2.94. The second-order valence-electron chi connectivity index (χ2n) is 5.79. The lowest BCUT2D eigenvalue weighted by Crippen LogP contribution is -2.49. The molecule has 1 aliphatic heterocycles. The van der Waals surface area contributed by atoms with E-state index in [1.165, 1.54) is 6.07 Å². The van der Waals surface area contributed by atoms with Crippen molar-refractivity contribution in [1.29, 1.82) is 0 Å². The van der Waals surface area contributed by atoms with Gasteiger partial charge in [-0.15, -0.1) is 0 Å². The van der Waals surface area contributed by atoms with Crippen LogP contribution in [0.5, 0.6) is 0 Å². The van der Waals surface area contributed by atoms with E-state index in [0.717, 1.165) is 17.7 Å². The summed E-state index contributed by atoms with van der Waals surface area (Å²) < 4.78 is 26.4. The van der Waals surface area contributed by atoms with E-state index in [0.29, 0.717) is 30.2 Å². The summed E-state index contributed by atoms with van der Waals surface area (Å²) in [5, 5.41) is 3.89. The fourth-order valence-corrected chi connectivity index (χ4v) is 3.14. The largest absolute Gasteiger partial charge is 0.333 e. The smallest absolute Gasteiger partial charge is 0.227 e. The van der Waals surface area contributed by atoms with Crippen LogP contribution >= 0.6 is 11.6 Å². The van der Waals surface area contributed by atoms with Crippen molar-refractivity contribution in [3.05, 3.63) is 70.2 Å². The van der Waals surface area contributed by atoms with Crippen molar-refractivity contribution in [2.75, 3.05) is 19.6 Å². The minimum Gasteiger partial charge on any atom is -0.333 e. The Labute approximate surface area is 144 Å². The van der Waals surface area contributed by atoms with Gasteiger partial charge in [0.2, 0.25) is 5.91 Å². The second-order valence-corrected chi connectivity index (χ2v) is 6.22. The average Bonchev–Trinajstić information content (AvgIpc) is 2.58. The first kappa shape index (κ1) is 16.9. The zero-order valence-corrected chi connectivity index (χ0v) is 13.7. The summed E-state index contributed by atoms with van der Waals surface area (Å²) in [6, 6.07) is 10.8. The molecule has 1 atom stereocenters. The van der Waals surface area contributed by atoms with Crippen LogP contribution in [0.1, 0.15) is 17.2 Å². The minimum absolute atomic E-state index is 0.0360. The normalized spacial score (nSPS) is 17.8. The maximum absolute atomic E-state index is 13.3. The minimum atomic E-state index is -0.938. The molecule has 6 heteroatoms. The van der Waals surface area contributed by atoms with Crippen LogP contribution in [0.3, 0.4) is 0 Å². The number of halogens is 3. The van der Waals surface area contributed by atoms with E-state index in [4.69, 9.17) is 11.6 Å². The number of nitrogens with zero attached hydrogens (tertiary/aromatic N) is 1. The van der Waals surface area contributed by atoms with Crippen molar-refractivity contribution in [2.45, 2.75) is 12.5 Å². The highest BCUT2D eigenvalue weighted by Crippen LogP contribution is 2.25. The van der Waals surface area contributed by atoms with Gasteiger partial charge < -0.3 is 10.2 Å². The molecule has 0 bridgehead atoms. The molecule has 0 saturated carbocycles. The van der Waals surface area contributed by atoms with Crippen molar-refractivity contribution < 1.29 is 13.6 Å².